The Hall–Kier alpha value is -4.36. The highest BCUT2D eigenvalue weighted by Crippen LogP contribution is 2.60. The molecule has 0 fully saturated rings. The van der Waals surface area contributed by atoms with E-state index < -0.39 is 0 Å². The normalized spacial score (nSPS) is 14.8. The van der Waals surface area contributed by atoms with Crippen LogP contribution in [0.25, 0.3) is 22.3 Å². The Bertz CT molecular complexity index is 1430. The van der Waals surface area contributed by atoms with Crippen molar-refractivity contribution in [2.24, 2.45) is 0 Å². The number of hydrogen-bond acceptors (Lipinski definition) is 0. The number of hydrogen-bond donors (Lipinski definition) is 0. The Morgan fingerprint density at radius 2 is 0.611 bits per heavy atom. The van der Waals surface area contributed by atoms with Gasteiger partial charge in [-0.05, 0) is 50.1 Å². The van der Waals surface area contributed by atoms with Gasteiger partial charge < -0.3 is 0 Å². The Balaban J connectivity index is 1.82. The second-order valence-corrected chi connectivity index (χ2v) is 9.46. The maximum atomic E-state index is 2.41. The molecule has 0 nitrogen and oxygen atoms in total. The van der Waals surface area contributed by atoms with Gasteiger partial charge in [0.2, 0.25) is 0 Å². The molecule has 0 aliphatic heterocycles. The third-order valence-corrected chi connectivity index (χ3v) is 7.35. The zero-order valence-electron chi connectivity index (χ0n) is 20.4. The molecule has 0 amide bonds. The molecule has 0 heterocycles. The van der Waals surface area contributed by atoms with Crippen LogP contribution in [0.4, 0.5) is 0 Å². The highest BCUT2D eigenvalue weighted by atomic mass is 14.4. The van der Waals surface area contributed by atoms with Crippen LogP contribution in [0.5, 0.6) is 0 Å². The highest BCUT2D eigenvalue weighted by molar-refractivity contribution is 6.44. The fraction of sp³-hybridized carbons (Fsp3) is 0.0286. The lowest BCUT2D eigenvalue weighted by Gasteiger charge is -2.34. The Kier molecular flexibility index (Phi) is 5.75. The topological polar surface area (TPSA) is 0 Å². The zero-order chi connectivity index (χ0) is 24.4. The molecule has 5 aromatic rings. The molecule has 0 spiro atoms. The summed E-state index contributed by atoms with van der Waals surface area (Å²) in [6.07, 6.45) is 0. The van der Waals surface area contributed by atoms with Gasteiger partial charge in [0.05, 0.1) is 0 Å². The van der Waals surface area contributed by atoms with Crippen molar-refractivity contribution in [2.75, 3.05) is 0 Å². The van der Waals surface area contributed by atoms with E-state index in [1.54, 1.807) is 0 Å². The molecule has 0 N–H and O–H groups in total. The first-order valence-electron chi connectivity index (χ1n) is 12.6. The van der Waals surface area contributed by atoms with Gasteiger partial charge in [-0.15, -0.1) is 0 Å². The second kappa shape index (κ2) is 9.36. The minimum atomic E-state index is -0.361. The van der Waals surface area contributed by atoms with E-state index in [-0.39, 0.29) is 5.31 Å². The summed E-state index contributed by atoms with van der Waals surface area (Å²) in [5, 5.41) is -0.361. The molecule has 0 saturated carbocycles. The minimum Gasteiger partial charge on any atom is -0.0622 e. The summed E-state index contributed by atoms with van der Waals surface area (Å²) in [6, 6.07) is 54.6. The number of rotatable bonds is 5. The van der Waals surface area contributed by atoms with Crippen molar-refractivity contribution in [1.82, 2.24) is 0 Å². The Morgan fingerprint density at radius 3 is 0.944 bits per heavy atom. The van der Waals surface area contributed by atoms with E-state index in [1.165, 1.54) is 50.1 Å². The Labute approximate surface area is 214 Å². The smallest absolute Gasteiger partial charge is 0.0622 e. The average Bonchev–Trinajstić information content (AvgIpc) is 3.25. The van der Waals surface area contributed by atoms with Crippen molar-refractivity contribution in [2.45, 2.75) is 5.31 Å². The van der Waals surface area contributed by atoms with Gasteiger partial charge in [-0.3, -0.25) is 0 Å². The van der Waals surface area contributed by atoms with Crippen molar-refractivity contribution < 1.29 is 0 Å². The van der Waals surface area contributed by atoms with Crippen LogP contribution in [0.3, 0.4) is 0 Å². The molecule has 6 rings (SSSR count). The Morgan fingerprint density at radius 1 is 0.333 bits per heavy atom. The van der Waals surface area contributed by atoms with Crippen LogP contribution in [0.1, 0.15) is 27.8 Å². The second-order valence-electron chi connectivity index (χ2n) is 9.46. The monoisotopic (exact) mass is 458 g/mol. The third kappa shape index (κ3) is 3.65. The maximum Gasteiger partial charge on any atom is 0.126 e. The summed E-state index contributed by atoms with van der Waals surface area (Å²) in [5.41, 5.74) is 11.6. The van der Waals surface area contributed by atoms with E-state index in [9.17, 15) is 0 Å². The van der Waals surface area contributed by atoms with Crippen LogP contribution in [-0.2, 0) is 5.31 Å². The van der Waals surface area contributed by atoms with E-state index in [1.807, 2.05) is 0 Å². The zero-order valence-corrected chi connectivity index (χ0v) is 20.4. The molecule has 1 aliphatic rings. The van der Waals surface area contributed by atoms with E-state index >= 15 is 0 Å². The molecule has 5 aromatic carbocycles. The van der Waals surface area contributed by atoms with Gasteiger partial charge in [0.25, 0.3) is 0 Å². The summed E-state index contributed by atoms with van der Waals surface area (Å²) in [6.45, 7) is 0. The van der Waals surface area contributed by atoms with E-state index in [4.69, 9.17) is 0 Å². The van der Waals surface area contributed by atoms with Crippen molar-refractivity contribution in [3.63, 3.8) is 0 Å². The van der Waals surface area contributed by atoms with Crippen LogP contribution < -0.4 is 0 Å². The van der Waals surface area contributed by atoms with Gasteiger partial charge >= 0.3 is 0 Å². The van der Waals surface area contributed by atoms with Gasteiger partial charge in [-0.25, -0.2) is 0 Å². The molecule has 0 radical (unpaired) electrons. The largest absolute Gasteiger partial charge is 0.126 e. The van der Waals surface area contributed by atoms with E-state index in [0.29, 0.717) is 0 Å². The number of benzene rings is 5. The van der Waals surface area contributed by atoms with Gasteiger partial charge in [0.1, 0.15) is 7.85 Å². The first kappa shape index (κ1) is 22.1. The predicted octanol–water partition coefficient (Wildman–Crippen LogP) is 7.75. The quantitative estimate of drug-likeness (QED) is 0.236. The first-order valence-corrected chi connectivity index (χ1v) is 12.6. The first-order chi connectivity index (χ1) is 17.8. The molecule has 1 heteroatoms. The third-order valence-electron chi connectivity index (χ3n) is 7.35. The summed E-state index contributed by atoms with van der Waals surface area (Å²) >= 11 is 0. The van der Waals surface area contributed by atoms with Crippen LogP contribution in [0.15, 0.2) is 152 Å². The van der Waals surface area contributed by atoms with Crippen LogP contribution >= 0.6 is 0 Å². The lowest BCUT2D eigenvalue weighted by molar-refractivity contribution is 1.03. The molecule has 1 aliphatic carbocycles. The highest BCUT2D eigenvalue weighted by Gasteiger charge is 2.46. The standard InChI is InChI=1S/C35H27B/c36-35(30-24-14-5-15-25-30)33(28-20-10-3-11-21-28)31(26-16-6-1-7-17-26)32(27-18-8-2-9-19-27)34(35)29-22-12-4-13-23-29/h1-25H,36H2. The lowest BCUT2D eigenvalue weighted by Crippen LogP contribution is -2.28. The molecule has 0 atom stereocenters. The molecular formula is C35H27B. The summed E-state index contributed by atoms with van der Waals surface area (Å²) < 4.78 is 0. The average molecular weight is 458 g/mol. The number of allylic oxidation sites excluding steroid dienone is 4. The minimum absolute atomic E-state index is 0.361. The summed E-state index contributed by atoms with van der Waals surface area (Å²) in [5.74, 6) is 0. The van der Waals surface area contributed by atoms with Crippen molar-refractivity contribution >= 4 is 30.1 Å². The van der Waals surface area contributed by atoms with Gasteiger partial charge in [-0.2, -0.15) is 0 Å². The molecule has 0 saturated heterocycles. The molecule has 0 aromatic heterocycles. The molecule has 36 heavy (non-hydrogen) atoms. The molecule has 170 valence electrons. The van der Waals surface area contributed by atoms with Crippen LogP contribution in [-0.4, -0.2) is 7.85 Å². The van der Waals surface area contributed by atoms with Gasteiger partial charge in [-0.1, -0.05) is 152 Å². The summed E-state index contributed by atoms with van der Waals surface area (Å²) in [4.78, 5) is 0. The van der Waals surface area contributed by atoms with Crippen molar-refractivity contribution in [1.29, 1.82) is 0 Å². The predicted molar refractivity (Wildman–Crippen MR) is 156 cm³/mol. The summed E-state index contributed by atoms with van der Waals surface area (Å²) in [7, 11) is 2.41. The van der Waals surface area contributed by atoms with Gasteiger partial charge in [0.15, 0.2) is 0 Å². The SMILES string of the molecule is BC1(c2ccccc2)C(c2ccccc2)=C(c2ccccc2)C(c2ccccc2)=C1c1ccccc1. The molecular weight excluding hydrogens is 431 g/mol. The van der Waals surface area contributed by atoms with E-state index in [0.717, 1.165) is 0 Å². The van der Waals surface area contributed by atoms with E-state index in [2.05, 4.69) is 160 Å². The van der Waals surface area contributed by atoms with Crippen molar-refractivity contribution in [3.05, 3.63) is 179 Å². The fourth-order valence-corrected chi connectivity index (χ4v) is 5.80. The van der Waals surface area contributed by atoms with Crippen molar-refractivity contribution in [3.8, 4) is 0 Å². The maximum absolute atomic E-state index is 2.41. The molecule has 0 bridgehead atoms. The van der Waals surface area contributed by atoms with Crippen LogP contribution in [0.2, 0.25) is 0 Å². The lowest BCUT2D eigenvalue weighted by atomic mass is 9.54. The molecule has 0 unspecified atom stereocenters. The van der Waals surface area contributed by atoms with Gasteiger partial charge in [0, 0.05) is 5.31 Å². The van der Waals surface area contributed by atoms with Crippen LogP contribution in [0, 0.1) is 0 Å². The fourth-order valence-electron chi connectivity index (χ4n) is 5.80.